The molecule has 0 unspecified atom stereocenters. The summed E-state index contributed by atoms with van der Waals surface area (Å²) in [6.07, 6.45) is 0. The maximum absolute atomic E-state index is 5.00. The van der Waals surface area contributed by atoms with Crippen LogP contribution in [0.4, 0.5) is 0 Å². The Balaban J connectivity index is 1.65. The molecule has 5 rings (SSSR count). The Kier molecular flexibility index (Phi) is 4.42. The molecule has 0 amide bonds. The van der Waals surface area contributed by atoms with Crippen LogP contribution in [-0.4, -0.2) is 4.98 Å². The topological polar surface area (TPSA) is 12.9 Å². The number of nitrogens with zero attached hydrogens (tertiary/aromatic N) is 1. The summed E-state index contributed by atoms with van der Waals surface area (Å²) in [5, 5.41) is 4.50. The van der Waals surface area contributed by atoms with E-state index in [1.165, 1.54) is 32.8 Å². The molecule has 2 heteroatoms. The summed E-state index contributed by atoms with van der Waals surface area (Å²) in [5.41, 5.74) is 6.95. The highest BCUT2D eigenvalue weighted by Gasteiger charge is 2.10. The van der Waals surface area contributed by atoms with Crippen LogP contribution in [0.2, 0.25) is 0 Å². The fourth-order valence-corrected chi connectivity index (χ4v) is 4.13. The zero-order valence-electron chi connectivity index (χ0n) is 15.3. The van der Waals surface area contributed by atoms with Crippen molar-refractivity contribution >= 4 is 37.6 Å². The lowest BCUT2D eigenvalue weighted by Crippen LogP contribution is -1.90. The molecule has 0 atom stereocenters. The van der Waals surface area contributed by atoms with E-state index in [-0.39, 0.29) is 0 Å². The molecule has 0 bridgehead atoms. The molecule has 0 aliphatic carbocycles. The van der Waals surface area contributed by atoms with Crippen molar-refractivity contribution in [3.63, 3.8) is 0 Å². The van der Waals surface area contributed by atoms with Crippen molar-refractivity contribution in [3.8, 4) is 22.4 Å². The molecule has 1 heterocycles. The van der Waals surface area contributed by atoms with Crippen molar-refractivity contribution in [1.29, 1.82) is 0 Å². The highest BCUT2D eigenvalue weighted by molar-refractivity contribution is 9.08. The van der Waals surface area contributed by atoms with E-state index in [1.807, 2.05) is 6.07 Å². The van der Waals surface area contributed by atoms with Gasteiger partial charge in [-0.3, -0.25) is 0 Å². The highest BCUT2D eigenvalue weighted by atomic mass is 79.9. The zero-order valence-corrected chi connectivity index (χ0v) is 16.9. The first-order valence-electron chi connectivity index (χ1n) is 9.37. The molecule has 0 aliphatic heterocycles. The van der Waals surface area contributed by atoms with Crippen LogP contribution >= 0.6 is 15.9 Å². The predicted octanol–water partition coefficient (Wildman–Crippen LogP) is 7.62. The number of rotatable bonds is 3. The van der Waals surface area contributed by atoms with Crippen LogP contribution < -0.4 is 0 Å². The summed E-state index contributed by atoms with van der Waals surface area (Å²) >= 11 is 3.54. The van der Waals surface area contributed by atoms with Crippen LogP contribution in [0, 0.1) is 0 Å². The number of hydrogen-bond acceptors (Lipinski definition) is 1. The van der Waals surface area contributed by atoms with Gasteiger partial charge in [-0.05, 0) is 28.1 Å². The summed E-state index contributed by atoms with van der Waals surface area (Å²) in [6, 6.07) is 34.3. The van der Waals surface area contributed by atoms with E-state index in [4.69, 9.17) is 4.98 Å². The molecule has 0 saturated carbocycles. The summed E-state index contributed by atoms with van der Waals surface area (Å²) in [5.74, 6) is 0. The Labute approximate surface area is 172 Å². The van der Waals surface area contributed by atoms with Gasteiger partial charge in [-0.15, -0.1) is 0 Å². The first-order valence-corrected chi connectivity index (χ1v) is 10.5. The van der Waals surface area contributed by atoms with Gasteiger partial charge in [0.05, 0.1) is 11.2 Å². The summed E-state index contributed by atoms with van der Waals surface area (Å²) in [6.45, 7) is 0. The van der Waals surface area contributed by atoms with Crippen molar-refractivity contribution in [2.75, 3.05) is 0 Å². The monoisotopic (exact) mass is 423 g/mol. The van der Waals surface area contributed by atoms with Crippen molar-refractivity contribution < 1.29 is 0 Å². The molecule has 28 heavy (non-hydrogen) atoms. The fraction of sp³-hybridized carbons (Fsp3) is 0.0385. The van der Waals surface area contributed by atoms with E-state index < -0.39 is 0 Å². The van der Waals surface area contributed by atoms with Gasteiger partial charge in [0.25, 0.3) is 0 Å². The fourth-order valence-electron chi connectivity index (χ4n) is 3.78. The van der Waals surface area contributed by atoms with Crippen molar-refractivity contribution in [3.05, 3.63) is 103 Å². The van der Waals surface area contributed by atoms with Gasteiger partial charge in [0.1, 0.15) is 0 Å². The van der Waals surface area contributed by atoms with Gasteiger partial charge in [-0.25, -0.2) is 4.98 Å². The maximum atomic E-state index is 5.00. The largest absolute Gasteiger partial charge is 0.247 e. The van der Waals surface area contributed by atoms with Crippen LogP contribution in [-0.2, 0) is 5.33 Å². The van der Waals surface area contributed by atoms with Crippen molar-refractivity contribution in [2.45, 2.75) is 5.33 Å². The van der Waals surface area contributed by atoms with Crippen LogP contribution in [0.3, 0.4) is 0 Å². The minimum atomic E-state index is 0.867. The van der Waals surface area contributed by atoms with Gasteiger partial charge in [0, 0.05) is 21.7 Å². The van der Waals surface area contributed by atoms with E-state index in [9.17, 15) is 0 Å². The molecule has 0 spiro atoms. The molecular weight excluding hydrogens is 406 g/mol. The lowest BCUT2D eigenvalue weighted by Gasteiger charge is -2.11. The van der Waals surface area contributed by atoms with E-state index >= 15 is 0 Å². The third kappa shape index (κ3) is 3.00. The molecule has 0 aliphatic rings. The first-order chi connectivity index (χ1) is 13.8. The van der Waals surface area contributed by atoms with Gasteiger partial charge in [-0.1, -0.05) is 107 Å². The molecule has 1 nitrogen and oxygen atoms in total. The van der Waals surface area contributed by atoms with Gasteiger partial charge >= 0.3 is 0 Å². The Hall–Kier alpha value is -2.97. The van der Waals surface area contributed by atoms with Crippen LogP contribution in [0.1, 0.15) is 5.56 Å². The molecule has 0 N–H and O–H groups in total. The van der Waals surface area contributed by atoms with Crippen molar-refractivity contribution in [1.82, 2.24) is 4.98 Å². The predicted molar refractivity (Wildman–Crippen MR) is 123 cm³/mol. The van der Waals surface area contributed by atoms with Crippen molar-refractivity contribution in [2.24, 2.45) is 0 Å². The number of aromatic nitrogens is 1. The molecule has 5 aromatic rings. The second-order valence-corrected chi connectivity index (χ2v) is 7.50. The number of para-hydroxylation sites is 1. The van der Waals surface area contributed by atoms with Gasteiger partial charge in [0.15, 0.2) is 0 Å². The number of benzene rings is 4. The Morgan fingerprint density at radius 1 is 0.571 bits per heavy atom. The molecule has 0 fully saturated rings. The highest BCUT2D eigenvalue weighted by Crippen LogP contribution is 2.33. The lowest BCUT2D eigenvalue weighted by atomic mass is 9.97. The quantitative estimate of drug-likeness (QED) is 0.214. The second kappa shape index (κ2) is 7.21. The summed E-state index contributed by atoms with van der Waals surface area (Å²) in [4.78, 5) is 5.00. The third-order valence-corrected chi connectivity index (χ3v) is 5.83. The molecule has 0 saturated heterocycles. The Morgan fingerprint density at radius 2 is 1.25 bits per heavy atom. The average Bonchev–Trinajstić information content (AvgIpc) is 2.79. The molecule has 134 valence electrons. The minimum absolute atomic E-state index is 0.867. The van der Waals surface area contributed by atoms with E-state index in [2.05, 4.69) is 107 Å². The first kappa shape index (κ1) is 17.2. The molecule has 4 aromatic carbocycles. The van der Waals surface area contributed by atoms with Crippen LogP contribution in [0.25, 0.3) is 44.1 Å². The lowest BCUT2D eigenvalue weighted by molar-refractivity contribution is 1.42. The minimum Gasteiger partial charge on any atom is -0.247 e. The van der Waals surface area contributed by atoms with Gasteiger partial charge in [0.2, 0.25) is 0 Å². The number of halogens is 1. The summed E-state index contributed by atoms with van der Waals surface area (Å²) in [7, 11) is 0. The van der Waals surface area contributed by atoms with E-state index in [0.717, 1.165) is 22.1 Å². The number of fused-ring (bicyclic) bond motifs is 3. The van der Waals surface area contributed by atoms with Crippen LogP contribution in [0.5, 0.6) is 0 Å². The standard InChI is InChI=1S/C26H18BrN/c27-17-18-6-5-7-21(16-18)19-12-14-20(15-13-19)26-24-10-2-1-8-22(24)23-9-3-4-11-25(23)28-26/h1-16H,17H2. The third-order valence-electron chi connectivity index (χ3n) is 5.18. The van der Waals surface area contributed by atoms with Crippen LogP contribution in [0.15, 0.2) is 97.1 Å². The second-order valence-electron chi connectivity index (χ2n) is 6.93. The zero-order chi connectivity index (χ0) is 18.9. The Bertz CT molecular complexity index is 1290. The number of hydrogen-bond donors (Lipinski definition) is 0. The molecular formula is C26H18BrN. The summed E-state index contributed by atoms with van der Waals surface area (Å²) < 4.78 is 0. The average molecular weight is 424 g/mol. The smallest absolute Gasteiger partial charge is 0.0788 e. The van der Waals surface area contributed by atoms with Gasteiger partial charge in [-0.2, -0.15) is 0 Å². The van der Waals surface area contributed by atoms with E-state index in [1.54, 1.807) is 0 Å². The van der Waals surface area contributed by atoms with Gasteiger partial charge < -0.3 is 0 Å². The SMILES string of the molecule is BrCc1cccc(-c2ccc(-c3nc4ccccc4c4ccccc34)cc2)c1. The number of pyridine rings is 1. The normalized spacial score (nSPS) is 11.2. The Morgan fingerprint density at radius 3 is 2.04 bits per heavy atom. The molecule has 1 aromatic heterocycles. The van der Waals surface area contributed by atoms with E-state index in [0.29, 0.717) is 0 Å². The number of alkyl halides is 1. The maximum Gasteiger partial charge on any atom is 0.0788 e. The molecule has 0 radical (unpaired) electrons.